The molecule has 0 saturated heterocycles. The smallest absolute Gasteiger partial charge is 0.253 e. The van der Waals surface area contributed by atoms with Gasteiger partial charge < -0.3 is 10.3 Å². The number of hydrogen-bond donors (Lipinski definition) is 2. The summed E-state index contributed by atoms with van der Waals surface area (Å²) in [5, 5.41) is 3.09. The average molecular weight is 531 g/mol. The Morgan fingerprint density at radius 3 is 2.73 bits per heavy atom. The van der Waals surface area contributed by atoms with E-state index in [0.717, 1.165) is 59.5 Å². The van der Waals surface area contributed by atoms with Crippen LogP contribution in [0.25, 0.3) is 11.0 Å². The predicted octanol–water partition coefficient (Wildman–Crippen LogP) is 5.98. The highest BCUT2D eigenvalue weighted by molar-refractivity contribution is 5.96. The van der Waals surface area contributed by atoms with Crippen LogP contribution < -0.4 is 5.32 Å². The first-order valence-electron chi connectivity index (χ1n) is 13.9. The second-order valence-corrected chi connectivity index (χ2v) is 10.7. The highest BCUT2D eigenvalue weighted by Gasteiger charge is 2.28. The minimum Gasteiger partial charge on any atom is -0.348 e. The molecule has 1 atom stereocenters. The van der Waals surface area contributed by atoms with Crippen molar-refractivity contribution in [1.82, 2.24) is 30.2 Å². The maximum atomic E-state index is 12.9. The van der Waals surface area contributed by atoms with Crippen LogP contribution in [0.5, 0.6) is 0 Å². The van der Waals surface area contributed by atoms with Crippen LogP contribution in [0.1, 0.15) is 68.7 Å². The van der Waals surface area contributed by atoms with Crippen LogP contribution in [-0.2, 0) is 26.1 Å². The number of nitrogens with one attached hydrogen (secondary N) is 2. The lowest BCUT2D eigenvalue weighted by Crippen LogP contribution is -2.32. The summed E-state index contributed by atoms with van der Waals surface area (Å²) in [5.41, 5.74) is 9.14. The average Bonchev–Trinajstić information content (AvgIpc) is 3.38. The molecule has 1 amide bonds. The number of carbonyl (C=O) groups is 1. The van der Waals surface area contributed by atoms with E-state index in [4.69, 9.17) is 9.97 Å². The summed E-state index contributed by atoms with van der Waals surface area (Å²) < 4.78 is 0. The fraction of sp³-hybridized carbons (Fsp3) is 0.273. The van der Waals surface area contributed by atoms with Gasteiger partial charge in [0.15, 0.2) is 0 Å². The SMILES string of the molecule is Cc1ccnc(C)c1C(=O)NCc1cccc(CN(Cc2nc3ccccc3[nH]2)C2CCCc3cccnc32)c1. The molecule has 0 radical (unpaired) electrons. The van der Waals surface area contributed by atoms with Gasteiger partial charge in [0.1, 0.15) is 5.82 Å². The van der Waals surface area contributed by atoms with E-state index in [1.165, 1.54) is 16.8 Å². The number of fused-ring (bicyclic) bond motifs is 2. The lowest BCUT2D eigenvalue weighted by Gasteiger charge is -2.34. The zero-order chi connectivity index (χ0) is 27.5. The number of hydrogen-bond acceptors (Lipinski definition) is 5. The molecule has 3 aromatic heterocycles. The van der Waals surface area contributed by atoms with E-state index in [1.54, 1.807) is 6.20 Å². The maximum Gasteiger partial charge on any atom is 0.253 e. The van der Waals surface area contributed by atoms with E-state index in [9.17, 15) is 4.79 Å². The lowest BCUT2D eigenvalue weighted by molar-refractivity contribution is 0.0949. The minimum absolute atomic E-state index is 0.0927. The molecule has 5 aromatic rings. The molecule has 0 saturated carbocycles. The molecule has 2 N–H and O–H groups in total. The van der Waals surface area contributed by atoms with Gasteiger partial charge in [0.2, 0.25) is 0 Å². The van der Waals surface area contributed by atoms with Crippen LogP contribution in [-0.4, -0.2) is 30.7 Å². The summed E-state index contributed by atoms with van der Waals surface area (Å²) in [4.78, 5) is 33.0. The molecule has 0 fully saturated rings. The molecular weight excluding hydrogens is 496 g/mol. The molecule has 40 heavy (non-hydrogen) atoms. The molecule has 1 unspecified atom stereocenters. The van der Waals surface area contributed by atoms with Gasteiger partial charge >= 0.3 is 0 Å². The lowest BCUT2D eigenvalue weighted by atomic mass is 9.90. The van der Waals surface area contributed by atoms with Gasteiger partial charge in [-0.15, -0.1) is 0 Å². The van der Waals surface area contributed by atoms with Crippen LogP contribution in [0, 0.1) is 13.8 Å². The number of aromatic amines is 1. The highest BCUT2D eigenvalue weighted by Crippen LogP contribution is 2.34. The van der Waals surface area contributed by atoms with Gasteiger partial charge in [0.05, 0.1) is 40.6 Å². The van der Waals surface area contributed by atoms with Crippen molar-refractivity contribution in [2.75, 3.05) is 0 Å². The molecule has 6 rings (SSSR count). The molecule has 3 heterocycles. The zero-order valence-electron chi connectivity index (χ0n) is 23.0. The molecule has 2 aromatic carbocycles. The van der Waals surface area contributed by atoms with Crippen molar-refractivity contribution in [2.24, 2.45) is 0 Å². The molecule has 1 aliphatic carbocycles. The Kier molecular flexibility index (Phi) is 7.38. The van der Waals surface area contributed by atoms with Crippen LogP contribution in [0.3, 0.4) is 0 Å². The van der Waals surface area contributed by atoms with E-state index in [2.05, 4.69) is 56.6 Å². The largest absolute Gasteiger partial charge is 0.348 e. The van der Waals surface area contributed by atoms with Crippen molar-refractivity contribution in [1.29, 1.82) is 0 Å². The Labute approximate surface area is 234 Å². The van der Waals surface area contributed by atoms with E-state index < -0.39 is 0 Å². The molecule has 202 valence electrons. The summed E-state index contributed by atoms with van der Waals surface area (Å²) in [7, 11) is 0. The quantitative estimate of drug-likeness (QED) is 0.258. The second kappa shape index (κ2) is 11.4. The summed E-state index contributed by atoms with van der Waals surface area (Å²) in [6.45, 7) is 5.71. The number of nitrogens with zero attached hydrogens (tertiary/aromatic N) is 4. The summed E-state index contributed by atoms with van der Waals surface area (Å²) in [5.74, 6) is 0.861. The Balaban J connectivity index is 1.24. The number of carbonyl (C=O) groups excluding carboxylic acids is 1. The Hall–Kier alpha value is -4.36. The van der Waals surface area contributed by atoms with Crippen molar-refractivity contribution >= 4 is 16.9 Å². The van der Waals surface area contributed by atoms with Crippen LogP contribution in [0.2, 0.25) is 0 Å². The second-order valence-electron chi connectivity index (χ2n) is 10.7. The fourth-order valence-electron chi connectivity index (χ4n) is 5.87. The summed E-state index contributed by atoms with van der Waals surface area (Å²) in [6, 6.07) is 23.0. The number of amides is 1. The first kappa shape index (κ1) is 25.9. The van der Waals surface area contributed by atoms with Gasteiger partial charge in [-0.2, -0.15) is 0 Å². The third-order valence-electron chi connectivity index (χ3n) is 7.80. The van der Waals surface area contributed by atoms with Gasteiger partial charge in [0, 0.05) is 25.5 Å². The van der Waals surface area contributed by atoms with E-state index >= 15 is 0 Å². The number of rotatable bonds is 8. The first-order chi connectivity index (χ1) is 19.5. The van der Waals surface area contributed by atoms with Gasteiger partial charge in [-0.05, 0) is 79.6 Å². The number of aryl methyl sites for hydroxylation is 3. The molecular formula is C33H34N6O. The van der Waals surface area contributed by atoms with Crippen LogP contribution in [0.4, 0.5) is 0 Å². The van der Waals surface area contributed by atoms with Gasteiger partial charge in [-0.1, -0.05) is 42.5 Å². The third kappa shape index (κ3) is 5.51. The predicted molar refractivity (Wildman–Crippen MR) is 157 cm³/mol. The van der Waals surface area contributed by atoms with Crippen molar-refractivity contribution in [2.45, 2.75) is 58.8 Å². The summed E-state index contributed by atoms with van der Waals surface area (Å²) in [6.07, 6.45) is 6.92. The molecule has 1 aliphatic rings. The molecule has 0 aliphatic heterocycles. The van der Waals surface area contributed by atoms with Crippen molar-refractivity contribution < 1.29 is 4.79 Å². The standard InChI is InChI=1S/C33H34N6O/c1-22-15-17-34-23(2)31(22)33(40)36-19-24-8-5-9-25(18-24)20-39(21-30-37-27-12-3-4-13-28(27)38-30)29-14-6-10-26-11-7-16-35-32(26)29/h3-5,7-9,11-13,15-18,29H,6,10,14,19-21H2,1-2H3,(H,36,40)(H,37,38). The van der Waals surface area contributed by atoms with Crippen molar-refractivity contribution in [3.8, 4) is 0 Å². The molecule has 0 spiro atoms. The number of para-hydroxylation sites is 2. The monoisotopic (exact) mass is 530 g/mol. The zero-order valence-corrected chi connectivity index (χ0v) is 23.0. The van der Waals surface area contributed by atoms with Crippen molar-refractivity contribution in [3.05, 3.63) is 124 Å². The van der Waals surface area contributed by atoms with Crippen LogP contribution in [0.15, 0.2) is 79.1 Å². The number of imidazole rings is 1. The van der Waals surface area contributed by atoms with Gasteiger partial charge in [-0.3, -0.25) is 19.7 Å². The first-order valence-corrected chi connectivity index (χ1v) is 13.9. The third-order valence-corrected chi connectivity index (χ3v) is 7.80. The van der Waals surface area contributed by atoms with E-state index in [1.807, 2.05) is 50.4 Å². The maximum absolute atomic E-state index is 12.9. The van der Waals surface area contributed by atoms with Gasteiger partial charge in [-0.25, -0.2) is 4.98 Å². The van der Waals surface area contributed by atoms with E-state index in [0.29, 0.717) is 18.7 Å². The summed E-state index contributed by atoms with van der Waals surface area (Å²) >= 11 is 0. The number of H-pyrrole nitrogens is 1. The minimum atomic E-state index is -0.0927. The molecule has 7 nitrogen and oxygen atoms in total. The van der Waals surface area contributed by atoms with Crippen LogP contribution >= 0.6 is 0 Å². The number of pyridine rings is 2. The Bertz CT molecular complexity index is 1600. The fourth-order valence-corrected chi connectivity index (χ4v) is 5.87. The Morgan fingerprint density at radius 2 is 1.85 bits per heavy atom. The molecule has 7 heteroatoms. The number of benzene rings is 2. The van der Waals surface area contributed by atoms with Gasteiger partial charge in [0.25, 0.3) is 5.91 Å². The Morgan fingerprint density at radius 1 is 0.975 bits per heavy atom. The topological polar surface area (TPSA) is 86.8 Å². The normalized spacial score (nSPS) is 14.8. The van der Waals surface area contributed by atoms with Crippen molar-refractivity contribution in [3.63, 3.8) is 0 Å². The highest BCUT2D eigenvalue weighted by atomic mass is 16.1. The number of aromatic nitrogens is 4. The molecule has 0 bridgehead atoms. The van der Waals surface area contributed by atoms with E-state index in [-0.39, 0.29) is 11.9 Å².